The van der Waals surface area contributed by atoms with Crippen LogP contribution in [0.1, 0.15) is 18.2 Å². The molecule has 1 amide bonds. The van der Waals surface area contributed by atoms with E-state index in [9.17, 15) is 13.2 Å². The number of hydrogen-bond donors (Lipinski definition) is 0. The molecule has 0 radical (unpaired) electrons. The number of aromatic nitrogens is 2. The summed E-state index contributed by atoms with van der Waals surface area (Å²) in [5, 5.41) is -0.0154. The van der Waals surface area contributed by atoms with Crippen LogP contribution in [0.15, 0.2) is 67.0 Å². The molecule has 0 bridgehead atoms. The van der Waals surface area contributed by atoms with Crippen molar-refractivity contribution in [2.75, 3.05) is 6.54 Å². The van der Waals surface area contributed by atoms with Crippen molar-refractivity contribution in [1.82, 2.24) is 14.5 Å². The van der Waals surface area contributed by atoms with Crippen molar-refractivity contribution in [1.29, 1.82) is 0 Å². The smallest absolute Gasteiger partial charge is 0.228 e. The van der Waals surface area contributed by atoms with Gasteiger partial charge in [0.05, 0.1) is 24.2 Å². The molecule has 0 unspecified atom stereocenters. The minimum atomic E-state index is -3.63. The predicted molar refractivity (Wildman–Crippen MR) is 101 cm³/mol. The van der Waals surface area contributed by atoms with E-state index in [-0.39, 0.29) is 23.4 Å². The van der Waals surface area contributed by atoms with Gasteiger partial charge in [0, 0.05) is 20.0 Å². The minimum Gasteiger partial charge on any atom is -0.333 e. The van der Waals surface area contributed by atoms with Crippen LogP contribution in [0.4, 0.5) is 0 Å². The first kappa shape index (κ1) is 19.7. The molecular weight excluding hydrogens is 350 g/mol. The summed E-state index contributed by atoms with van der Waals surface area (Å²) >= 11 is 0. The number of imidazole rings is 1. The van der Waals surface area contributed by atoms with Crippen molar-refractivity contribution in [3.8, 4) is 0 Å². The van der Waals surface area contributed by atoms with E-state index in [4.69, 9.17) is 0 Å². The van der Waals surface area contributed by atoms with Gasteiger partial charge in [0.15, 0.2) is 0 Å². The van der Waals surface area contributed by atoms with Gasteiger partial charge in [-0.25, -0.2) is 13.4 Å². The van der Waals surface area contributed by atoms with E-state index in [2.05, 4.69) is 18.1 Å². The lowest BCUT2D eigenvalue weighted by Crippen LogP contribution is -2.29. The Morgan fingerprint density at radius 1 is 1.23 bits per heavy atom. The van der Waals surface area contributed by atoms with Gasteiger partial charge in [0.1, 0.15) is 0 Å². The standard InChI is InChI=1S/C19H23N3O3S/c1-4-11-21(16(3)23)14-18-13-20-19(22(18)12-5-2)26(24,25)15-17-9-7-6-8-10-17/h4-10,13H,1-2,11-12,14-15H2,3H3. The van der Waals surface area contributed by atoms with Gasteiger partial charge in [0.2, 0.25) is 20.9 Å². The molecule has 2 rings (SSSR count). The summed E-state index contributed by atoms with van der Waals surface area (Å²) in [7, 11) is -3.63. The molecule has 0 atom stereocenters. The van der Waals surface area contributed by atoms with Gasteiger partial charge in [-0.2, -0.15) is 0 Å². The first-order valence-corrected chi connectivity index (χ1v) is 9.82. The number of carbonyl (C=O) groups excluding carboxylic acids is 1. The van der Waals surface area contributed by atoms with E-state index in [1.807, 2.05) is 6.07 Å². The third-order valence-electron chi connectivity index (χ3n) is 3.84. The highest BCUT2D eigenvalue weighted by Gasteiger charge is 2.24. The fraction of sp³-hybridized carbons (Fsp3) is 0.263. The van der Waals surface area contributed by atoms with Crippen molar-refractivity contribution in [2.24, 2.45) is 0 Å². The number of benzene rings is 1. The highest BCUT2D eigenvalue weighted by Crippen LogP contribution is 2.19. The summed E-state index contributed by atoms with van der Waals surface area (Å²) in [6, 6.07) is 8.96. The van der Waals surface area contributed by atoms with Gasteiger partial charge < -0.3 is 9.47 Å². The fourth-order valence-electron chi connectivity index (χ4n) is 2.60. The van der Waals surface area contributed by atoms with Crippen molar-refractivity contribution in [3.63, 3.8) is 0 Å². The molecule has 0 saturated carbocycles. The Morgan fingerprint density at radius 3 is 2.50 bits per heavy atom. The molecule has 0 fully saturated rings. The second-order valence-corrected chi connectivity index (χ2v) is 7.75. The molecule has 0 aliphatic heterocycles. The molecule has 6 nitrogen and oxygen atoms in total. The molecule has 2 aromatic rings. The van der Waals surface area contributed by atoms with Gasteiger partial charge in [-0.3, -0.25) is 4.79 Å². The molecule has 0 saturated heterocycles. The zero-order valence-electron chi connectivity index (χ0n) is 14.8. The largest absolute Gasteiger partial charge is 0.333 e. The van der Waals surface area contributed by atoms with Gasteiger partial charge in [0.25, 0.3) is 0 Å². The number of allylic oxidation sites excluding steroid dienone is 1. The first-order chi connectivity index (χ1) is 12.4. The van der Waals surface area contributed by atoms with Crippen LogP contribution in [0.2, 0.25) is 0 Å². The lowest BCUT2D eigenvalue weighted by Gasteiger charge is -2.20. The Kier molecular flexibility index (Phi) is 6.52. The summed E-state index contributed by atoms with van der Waals surface area (Å²) in [4.78, 5) is 17.5. The van der Waals surface area contributed by atoms with Gasteiger partial charge in [-0.05, 0) is 5.56 Å². The Hall–Kier alpha value is -2.67. The van der Waals surface area contributed by atoms with Crippen LogP contribution >= 0.6 is 0 Å². The third-order valence-corrected chi connectivity index (χ3v) is 5.43. The van der Waals surface area contributed by atoms with E-state index in [0.29, 0.717) is 24.3 Å². The molecule has 0 spiro atoms. The summed E-state index contributed by atoms with van der Waals surface area (Å²) in [5.41, 5.74) is 1.33. The highest BCUT2D eigenvalue weighted by molar-refractivity contribution is 7.90. The number of hydrogen-bond acceptors (Lipinski definition) is 4. The molecule has 0 aliphatic carbocycles. The third kappa shape index (κ3) is 4.70. The quantitative estimate of drug-likeness (QED) is 0.633. The second kappa shape index (κ2) is 8.62. The number of nitrogens with zero attached hydrogens (tertiary/aromatic N) is 3. The lowest BCUT2D eigenvalue weighted by molar-refractivity contribution is -0.128. The average Bonchev–Trinajstić information content (AvgIpc) is 2.99. The van der Waals surface area contributed by atoms with E-state index in [1.165, 1.54) is 13.1 Å². The van der Waals surface area contributed by atoms with Crippen LogP contribution in [0.25, 0.3) is 0 Å². The number of sulfone groups is 1. The number of rotatable bonds is 9. The van der Waals surface area contributed by atoms with Crippen LogP contribution in [0, 0.1) is 0 Å². The highest BCUT2D eigenvalue weighted by atomic mass is 32.2. The maximum Gasteiger partial charge on any atom is 0.228 e. The van der Waals surface area contributed by atoms with Gasteiger partial charge in [-0.1, -0.05) is 42.5 Å². The van der Waals surface area contributed by atoms with Crippen molar-refractivity contribution >= 4 is 15.7 Å². The van der Waals surface area contributed by atoms with Crippen molar-refractivity contribution in [2.45, 2.75) is 30.9 Å². The fourth-order valence-corrected chi connectivity index (χ4v) is 4.11. The normalized spacial score (nSPS) is 11.1. The zero-order valence-corrected chi connectivity index (χ0v) is 15.7. The maximum atomic E-state index is 12.8. The average molecular weight is 373 g/mol. The van der Waals surface area contributed by atoms with Crippen LogP contribution in [0.3, 0.4) is 0 Å². The monoisotopic (exact) mass is 373 g/mol. The van der Waals surface area contributed by atoms with Gasteiger partial charge in [-0.15, -0.1) is 13.2 Å². The lowest BCUT2D eigenvalue weighted by atomic mass is 10.2. The van der Waals surface area contributed by atoms with Crippen LogP contribution < -0.4 is 0 Å². The van der Waals surface area contributed by atoms with Crippen molar-refractivity contribution in [3.05, 3.63) is 73.1 Å². The van der Waals surface area contributed by atoms with E-state index in [0.717, 1.165) is 0 Å². The summed E-state index contributed by atoms with van der Waals surface area (Å²) in [5.74, 6) is -0.255. The maximum absolute atomic E-state index is 12.8. The molecule has 26 heavy (non-hydrogen) atoms. The summed E-state index contributed by atoms with van der Waals surface area (Å²) in [6.07, 6.45) is 4.74. The molecule has 0 aliphatic rings. The van der Waals surface area contributed by atoms with Crippen LogP contribution in [-0.4, -0.2) is 35.3 Å². The SMILES string of the molecule is C=CCN(Cc1cnc(S(=O)(=O)Cc2ccccc2)n1CC=C)C(C)=O. The Morgan fingerprint density at radius 2 is 1.92 bits per heavy atom. The van der Waals surface area contributed by atoms with Crippen LogP contribution in [0.5, 0.6) is 0 Å². The first-order valence-electron chi connectivity index (χ1n) is 8.17. The van der Waals surface area contributed by atoms with E-state index >= 15 is 0 Å². The Labute approximate surface area is 154 Å². The van der Waals surface area contributed by atoms with Crippen LogP contribution in [-0.2, 0) is 33.5 Å². The van der Waals surface area contributed by atoms with Crippen molar-refractivity contribution < 1.29 is 13.2 Å². The molecule has 7 heteroatoms. The summed E-state index contributed by atoms with van der Waals surface area (Å²) in [6.45, 7) is 9.72. The molecular formula is C19H23N3O3S. The number of amides is 1. The second-order valence-electron chi connectivity index (χ2n) is 5.86. The zero-order chi connectivity index (χ0) is 19.2. The van der Waals surface area contributed by atoms with E-state index in [1.54, 1.807) is 45.9 Å². The number of carbonyl (C=O) groups is 1. The predicted octanol–water partition coefficient (Wildman–Crippen LogP) is 2.58. The summed E-state index contributed by atoms with van der Waals surface area (Å²) < 4.78 is 27.3. The molecule has 1 aromatic heterocycles. The van der Waals surface area contributed by atoms with E-state index < -0.39 is 9.84 Å². The molecule has 138 valence electrons. The minimum absolute atomic E-state index is 0.0154. The Balaban J connectivity index is 2.37. The molecule has 0 N–H and O–H groups in total. The molecule has 1 aromatic carbocycles. The topological polar surface area (TPSA) is 72.3 Å². The Bertz CT molecular complexity index is 886. The molecule has 1 heterocycles. The van der Waals surface area contributed by atoms with Gasteiger partial charge >= 0.3 is 0 Å².